The molecule has 0 bridgehead atoms. The summed E-state index contributed by atoms with van der Waals surface area (Å²) in [5, 5.41) is 8.15. The second-order valence-corrected chi connectivity index (χ2v) is 9.90. The molecule has 5 rings (SSSR count). The minimum absolute atomic E-state index is 0.00519. The maximum atomic E-state index is 12.6. The summed E-state index contributed by atoms with van der Waals surface area (Å²) >= 11 is 0. The van der Waals surface area contributed by atoms with E-state index in [0.717, 1.165) is 85.5 Å². The standard InChI is InChI=1S/C26H35N7O2/c1-30-7-11-32(12-8-30)17-25(34)27-19-3-5-23-21(15-19)22-16-20(4-6-24(22)29-23)28-26(35)18-33-13-9-31(2)10-14-33/h3-6,15-16,29H,7-14,17-18H2,1-2H3,(H,27,34)(H,28,35). The third-order valence-electron chi connectivity index (χ3n) is 7.09. The van der Waals surface area contributed by atoms with Gasteiger partial charge < -0.3 is 25.4 Å². The fourth-order valence-corrected chi connectivity index (χ4v) is 4.87. The third kappa shape index (κ3) is 5.82. The summed E-state index contributed by atoms with van der Waals surface area (Å²) in [6, 6.07) is 11.9. The van der Waals surface area contributed by atoms with Crippen LogP contribution in [0.4, 0.5) is 11.4 Å². The summed E-state index contributed by atoms with van der Waals surface area (Å²) in [4.78, 5) is 37.6. The van der Waals surface area contributed by atoms with Crippen LogP contribution < -0.4 is 10.6 Å². The number of amides is 2. The quantitative estimate of drug-likeness (QED) is 0.501. The van der Waals surface area contributed by atoms with Crippen LogP contribution in [0.3, 0.4) is 0 Å². The van der Waals surface area contributed by atoms with Crippen molar-refractivity contribution in [1.29, 1.82) is 0 Å². The highest BCUT2D eigenvalue weighted by Crippen LogP contribution is 2.30. The molecule has 0 aliphatic carbocycles. The highest BCUT2D eigenvalue weighted by atomic mass is 16.2. The number of carbonyl (C=O) groups is 2. The number of benzene rings is 2. The predicted molar refractivity (Wildman–Crippen MR) is 141 cm³/mol. The van der Waals surface area contributed by atoms with Crippen molar-refractivity contribution in [2.24, 2.45) is 0 Å². The number of hydrogen-bond acceptors (Lipinski definition) is 6. The molecule has 0 spiro atoms. The smallest absolute Gasteiger partial charge is 0.238 e. The molecule has 0 unspecified atom stereocenters. The Kier molecular flexibility index (Phi) is 7.01. The van der Waals surface area contributed by atoms with Gasteiger partial charge in [0.1, 0.15) is 0 Å². The molecule has 0 radical (unpaired) electrons. The van der Waals surface area contributed by atoms with E-state index in [1.807, 2.05) is 36.4 Å². The Morgan fingerprint density at radius 3 is 1.49 bits per heavy atom. The topological polar surface area (TPSA) is 86.9 Å². The molecule has 3 aromatic rings. The van der Waals surface area contributed by atoms with E-state index < -0.39 is 0 Å². The van der Waals surface area contributed by atoms with Crippen LogP contribution in [0.25, 0.3) is 21.8 Å². The van der Waals surface area contributed by atoms with Crippen LogP contribution >= 0.6 is 0 Å². The monoisotopic (exact) mass is 477 g/mol. The van der Waals surface area contributed by atoms with Crippen LogP contribution in [0.2, 0.25) is 0 Å². The van der Waals surface area contributed by atoms with Gasteiger partial charge in [-0.3, -0.25) is 19.4 Å². The van der Waals surface area contributed by atoms with Crippen molar-refractivity contribution in [2.45, 2.75) is 0 Å². The Hall–Kier alpha value is -2.98. The summed E-state index contributed by atoms with van der Waals surface area (Å²) < 4.78 is 0. The van der Waals surface area contributed by atoms with Crippen molar-refractivity contribution in [3.8, 4) is 0 Å². The number of aromatic nitrogens is 1. The van der Waals surface area contributed by atoms with Crippen molar-refractivity contribution >= 4 is 45.0 Å². The molecular weight excluding hydrogens is 442 g/mol. The fraction of sp³-hybridized carbons (Fsp3) is 0.462. The molecule has 2 aliphatic rings. The van der Waals surface area contributed by atoms with Crippen molar-refractivity contribution in [2.75, 3.05) is 90.2 Å². The lowest BCUT2D eigenvalue weighted by molar-refractivity contribution is -0.118. The van der Waals surface area contributed by atoms with Crippen LogP contribution in [0.1, 0.15) is 0 Å². The number of anilines is 2. The van der Waals surface area contributed by atoms with E-state index in [1.165, 1.54) is 0 Å². The first-order valence-corrected chi connectivity index (χ1v) is 12.4. The number of carbonyl (C=O) groups excluding carboxylic acids is 2. The van der Waals surface area contributed by atoms with Crippen molar-refractivity contribution < 1.29 is 9.59 Å². The number of likely N-dealkylation sites (N-methyl/N-ethyl adjacent to an activating group) is 2. The van der Waals surface area contributed by atoms with E-state index in [1.54, 1.807) is 0 Å². The van der Waals surface area contributed by atoms with Gasteiger partial charge in [-0.15, -0.1) is 0 Å². The molecule has 9 nitrogen and oxygen atoms in total. The lowest BCUT2D eigenvalue weighted by atomic mass is 10.1. The van der Waals surface area contributed by atoms with Gasteiger partial charge in [0.15, 0.2) is 0 Å². The summed E-state index contributed by atoms with van der Waals surface area (Å²) in [5.41, 5.74) is 3.56. The van der Waals surface area contributed by atoms with E-state index in [4.69, 9.17) is 0 Å². The number of fused-ring (bicyclic) bond motifs is 3. The number of H-pyrrole nitrogens is 1. The van der Waals surface area contributed by atoms with E-state index in [-0.39, 0.29) is 11.8 Å². The maximum absolute atomic E-state index is 12.6. The Balaban J connectivity index is 1.26. The lowest BCUT2D eigenvalue weighted by Crippen LogP contribution is -2.47. The lowest BCUT2D eigenvalue weighted by Gasteiger charge is -2.31. The Labute approximate surface area is 206 Å². The molecule has 2 saturated heterocycles. The largest absolute Gasteiger partial charge is 0.355 e. The minimum atomic E-state index is 0.00519. The van der Waals surface area contributed by atoms with Gasteiger partial charge in [0, 0.05) is 85.5 Å². The average Bonchev–Trinajstić information content (AvgIpc) is 3.19. The number of rotatable bonds is 6. The molecule has 9 heteroatoms. The Morgan fingerprint density at radius 1 is 0.686 bits per heavy atom. The zero-order chi connectivity index (χ0) is 24.4. The van der Waals surface area contributed by atoms with Crippen LogP contribution in [0.5, 0.6) is 0 Å². The molecule has 35 heavy (non-hydrogen) atoms. The van der Waals surface area contributed by atoms with E-state index >= 15 is 0 Å². The number of nitrogens with one attached hydrogen (secondary N) is 3. The van der Waals surface area contributed by atoms with Gasteiger partial charge in [0.05, 0.1) is 13.1 Å². The molecule has 3 N–H and O–H groups in total. The van der Waals surface area contributed by atoms with Gasteiger partial charge in [-0.1, -0.05) is 0 Å². The van der Waals surface area contributed by atoms with Crippen LogP contribution in [-0.4, -0.2) is 116 Å². The second-order valence-electron chi connectivity index (χ2n) is 9.90. The average molecular weight is 478 g/mol. The van der Waals surface area contributed by atoms with Gasteiger partial charge in [-0.2, -0.15) is 0 Å². The minimum Gasteiger partial charge on any atom is -0.355 e. The number of piperazine rings is 2. The van der Waals surface area contributed by atoms with Crippen molar-refractivity contribution in [3.63, 3.8) is 0 Å². The van der Waals surface area contributed by atoms with Gasteiger partial charge in [0.2, 0.25) is 11.8 Å². The fourth-order valence-electron chi connectivity index (χ4n) is 4.87. The summed E-state index contributed by atoms with van der Waals surface area (Å²) in [5.74, 6) is 0.0104. The zero-order valence-corrected chi connectivity index (χ0v) is 20.6. The Bertz CT molecular complexity index is 1110. The molecule has 2 aromatic carbocycles. The third-order valence-corrected chi connectivity index (χ3v) is 7.09. The highest BCUT2D eigenvalue weighted by Gasteiger charge is 2.18. The van der Waals surface area contributed by atoms with Crippen LogP contribution in [-0.2, 0) is 9.59 Å². The zero-order valence-electron chi connectivity index (χ0n) is 20.6. The molecule has 2 aliphatic heterocycles. The van der Waals surface area contributed by atoms with E-state index in [0.29, 0.717) is 13.1 Å². The number of aromatic amines is 1. The van der Waals surface area contributed by atoms with Gasteiger partial charge >= 0.3 is 0 Å². The molecule has 186 valence electrons. The van der Waals surface area contributed by atoms with E-state index in [9.17, 15) is 9.59 Å². The number of nitrogens with zero attached hydrogens (tertiary/aromatic N) is 4. The maximum Gasteiger partial charge on any atom is 0.238 e. The molecule has 0 saturated carbocycles. The normalized spacial score (nSPS) is 18.8. The SMILES string of the molecule is CN1CCN(CC(=O)Nc2ccc3[nH]c4ccc(NC(=O)CN5CCN(C)CC5)cc4c3c2)CC1. The van der Waals surface area contributed by atoms with E-state index in [2.05, 4.69) is 49.3 Å². The van der Waals surface area contributed by atoms with Crippen LogP contribution in [0.15, 0.2) is 36.4 Å². The van der Waals surface area contributed by atoms with Gasteiger partial charge in [-0.05, 0) is 50.5 Å². The molecule has 3 heterocycles. The van der Waals surface area contributed by atoms with Crippen molar-refractivity contribution in [3.05, 3.63) is 36.4 Å². The second kappa shape index (κ2) is 10.3. The molecule has 1 aromatic heterocycles. The summed E-state index contributed by atoms with van der Waals surface area (Å²) in [7, 11) is 4.22. The first-order chi connectivity index (χ1) is 16.9. The summed E-state index contributed by atoms with van der Waals surface area (Å²) in [6.07, 6.45) is 0. The van der Waals surface area contributed by atoms with Crippen molar-refractivity contribution in [1.82, 2.24) is 24.6 Å². The molecular formula is C26H35N7O2. The Morgan fingerprint density at radius 2 is 1.09 bits per heavy atom. The van der Waals surface area contributed by atoms with Gasteiger partial charge in [-0.25, -0.2) is 0 Å². The highest BCUT2D eigenvalue weighted by molar-refractivity contribution is 6.10. The molecule has 2 amide bonds. The molecule has 2 fully saturated rings. The first kappa shape index (κ1) is 23.7. The predicted octanol–water partition coefficient (Wildman–Crippen LogP) is 1.69. The first-order valence-electron chi connectivity index (χ1n) is 12.4. The van der Waals surface area contributed by atoms with Gasteiger partial charge in [0.25, 0.3) is 0 Å². The molecule has 0 atom stereocenters. The summed E-state index contributed by atoms with van der Waals surface area (Å²) in [6.45, 7) is 8.41. The van der Waals surface area contributed by atoms with Crippen LogP contribution in [0, 0.1) is 0 Å². The number of hydrogen-bond donors (Lipinski definition) is 3.